The highest BCUT2D eigenvalue weighted by Gasteiger charge is 2.20. The number of nitrogens with one attached hydrogen (secondary N) is 1. The maximum Gasteiger partial charge on any atom is 0.227 e. The molecule has 0 saturated heterocycles. The Kier molecular flexibility index (Phi) is 5.51. The SMILES string of the molecule is CC1CCC(NC(=O)CCc2nc(-c3ccc(Cl)cc3)no2)CC1. The van der Waals surface area contributed by atoms with E-state index >= 15 is 0 Å². The van der Waals surface area contributed by atoms with Crippen LogP contribution in [0, 0.1) is 5.92 Å². The van der Waals surface area contributed by atoms with Gasteiger partial charge in [0.05, 0.1) is 0 Å². The van der Waals surface area contributed by atoms with Crippen LogP contribution in [0.3, 0.4) is 0 Å². The fourth-order valence-corrected chi connectivity index (χ4v) is 3.12. The zero-order valence-corrected chi connectivity index (χ0v) is 14.6. The molecular weight excluding hydrogens is 326 g/mol. The Labute approximate surface area is 146 Å². The van der Waals surface area contributed by atoms with E-state index in [0.29, 0.717) is 35.6 Å². The first-order chi connectivity index (χ1) is 11.6. The second kappa shape index (κ2) is 7.79. The molecule has 1 saturated carbocycles. The summed E-state index contributed by atoms with van der Waals surface area (Å²) in [5, 5.41) is 7.73. The molecule has 2 aromatic rings. The lowest BCUT2D eigenvalue weighted by Crippen LogP contribution is -2.37. The average molecular weight is 348 g/mol. The molecule has 0 radical (unpaired) electrons. The Morgan fingerprint density at radius 1 is 1.25 bits per heavy atom. The van der Waals surface area contributed by atoms with Crippen molar-refractivity contribution in [1.82, 2.24) is 15.5 Å². The molecule has 1 heterocycles. The summed E-state index contributed by atoms with van der Waals surface area (Å²) in [7, 11) is 0. The lowest BCUT2D eigenvalue weighted by Gasteiger charge is -2.26. The highest BCUT2D eigenvalue weighted by molar-refractivity contribution is 6.30. The van der Waals surface area contributed by atoms with Crippen molar-refractivity contribution in [3.05, 3.63) is 35.2 Å². The van der Waals surface area contributed by atoms with Gasteiger partial charge in [-0.15, -0.1) is 0 Å². The van der Waals surface area contributed by atoms with Crippen molar-refractivity contribution in [1.29, 1.82) is 0 Å². The fourth-order valence-electron chi connectivity index (χ4n) is 3.00. The number of amides is 1. The van der Waals surface area contributed by atoms with Crippen LogP contribution < -0.4 is 5.32 Å². The highest BCUT2D eigenvalue weighted by Crippen LogP contribution is 2.23. The van der Waals surface area contributed by atoms with E-state index in [9.17, 15) is 4.79 Å². The van der Waals surface area contributed by atoms with Crippen molar-refractivity contribution in [3.63, 3.8) is 0 Å². The summed E-state index contributed by atoms with van der Waals surface area (Å²) < 4.78 is 5.23. The summed E-state index contributed by atoms with van der Waals surface area (Å²) in [5.41, 5.74) is 0.843. The van der Waals surface area contributed by atoms with Gasteiger partial charge in [-0.1, -0.05) is 23.7 Å². The molecule has 0 atom stereocenters. The zero-order valence-electron chi connectivity index (χ0n) is 13.8. The smallest absolute Gasteiger partial charge is 0.227 e. The molecule has 128 valence electrons. The standard InChI is InChI=1S/C18H22ClN3O2/c1-12-2-8-15(9-3-12)20-16(23)10-11-17-21-18(22-24-17)13-4-6-14(19)7-5-13/h4-7,12,15H,2-3,8-11H2,1H3,(H,20,23). The topological polar surface area (TPSA) is 68.0 Å². The number of rotatable bonds is 5. The Balaban J connectivity index is 1.48. The van der Waals surface area contributed by atoms with Gasteiger partial charge in [0.15, 0.2) is 0 Å². The summed E-state index contributed by atoms with van der Waals surface area (Å²) in [5.74, 6) is 1.83. The molecule has 3 rings (SSSR count). The second-order valence-electron chi connectivity index (χ2n) is 6.54. The minimum Gasteiger partial charge on any atom is -0.353 e. The van der Waals surface area contributed by atoms with Gasteiger partial charge in [0.1, 0.15) is 0 Å². The quantitative estimate of drug-likeness (QED) is 0.887. The van der Waals surface area contributed by atoms with Gasteiger partial charge >= 0.3 is 0 Å². The summed E-state index contributed by atoms with van der Waals surface area (Å²) in [6.45, 7) is 2.27. The Hall–Kier alpha value is -1.88. The minimum atomic E-state index is 0.0563. The van der Waals surface area contributed by atoms with E-state index in [1.54, 1.807) is 12.1 Å². The number of halogens is 1. The third-order valence-corrected chi connectivity index (χ3v) is 4.77. The van der Waals surface area contributed by atoms with E-state index in [4.69, 9.17) is 16.1 Å². The molecule has 24 heavy (non-hydrogen) atoms. The highest BCUT2D eigenvalue weighted by atomic mass is 35.5. The molecule has 5 nitrogen and oxygen atoms in total. The molecular formula is C18H22ClN3O2. The first-order valence-corrected chi connectivity index (χ1v) is 8.86. The third kappa shape index (κ3) is 4.57. The molecule has 0 bridgehead atoms. The minimum absolute atomic E-state index is 0.0563. The largest absolute Gasteiger partial charge is 0.353 e. The zero-order chi connectivity index (χ0) is 16.9. The molecule has 1 fully saturated rings. The molecule has 1 amide bonds. The van der Waals surface area contributed by atoms with E-state index < -0.39 is 0 Å². The van der Waals surface area contributed by atoms with Crippen molar-refractivity contribution in [2.75, 3.05) is 0 Å². The van der Waals surface area contributed by atoms with Crippen LogP contribution >= 0.6 is 11.6 Å². The maximum atomic E-state index is 12.1. The van der Waals surface area contributed by atoms with Crippen molar-refractivity contribution < 1.29 is 9.32 Å². The number of aromatic nitrogens is 2. The molecule has 1 N–H and O–H groups in total. The van der Waals surface area contributed by atoms with Crippen molar-refractivity contribution in [2.45, 2.75) is 51.5 Å². The summed E-state index contributed by atoms with van der Waals surface area (Å²) in [4.78, 5) is 16.4. The molecule has 1 aromatic heterocycles. The first-order valence-electron chi connectivity index (χ1n) is 8.48. The summed E-state index contributed by atoms with van der Waals surface area (Å²) in [6.07, 6.45) is 5.37. The van der Waals surface area contributed by atoms with Crippen molar-refractivity contribution in [3.8, 4) is 11.4 Å². The molecule has 1 aliphatic rings. The van der Waals surface area contributed by atoms with Crippen molar-refractivity contribution in [2.24, 2.45) is 5.92 Å². The van der Waals surface area contributed by atoms with E-state index in [1.165, 1.54) is 12.8 Å². The maximum absolute atomic E-state index is 12.1. The normalized spacial score (nSPS) is 20.8. The average Bonchev–Trinajstić information content (AvgIpc) is 3.05. The predicted octanol–water partition coefficient (Wildman–Crippen LogP) is 4.02. The molecule has 0 aliphatic heterocycles. The summed E-state index contributed by atoms with van der Waals surface area (Å²) in [6, 6.07) is 7.57. The number of carbonyl (C=O) groups excluding carboxylic acids is 1. The van der Waals surface area contributed by atoms with Gasteiger partial charge < -0.3 is 9.84 Å². The van der Waals surface area contributed by atoms with Gasteiger partial charge in [-0.3, -0.25) is 4.79 Å². The van der Waals surface area contributed by atoms with Crippen molar-refractivity contribution >= 4 is 17.5 Å². The van der Waals surface area contributed by atoms with Gasteiger partial charge in [-0.25, -0.2) is 0 Å². The van der Waals surface area contributed by atoms with Crippen LogP contribution in [0.4, 0.5) is 0 Å². The number of nitrogens with zero attached hydrogens (tertiary/aromatic N) is 2. The molecule has 0 spiro atoms. The van der Waals surface area contributed by atoms with Gasteiger partial charge in [0.2, 0.25) is 17.6 Å². The van der Waals surface area contributed by atoms with Gasteiger partial charge in [-0.2, -0.15) is 4.98 Å². The third-order valence-electron chi connectivity index (χ3n) is 4.52. The van der Waals surface area contributed by atoms with Crippen LogP contribution in [-0.4, -0.2) is 22.1 Å². The number of hydrogen-bond acceptors (Lipinski definition) is 4. The molecule has 6 heteroatoms. The Morgan fingerprint density at radius 3 is 2.67 bits per heavy atom. The van der Waals surface area contributed by atoms with Crippen LogP contribution in [0.1, 0.15) is 44.9 Å². The predicted molar refractivity (Wildman–Crippen MR) is 92.6 cm³/mol. The Bertz CT molecular complexity index is 676. The number of aryl methyl sites for hydroxylation is 1. The lowest BCUT2D eigenvalue weighted by atomic mass is 9.87. The van der Waals surface area contributed by atoms with Crippen LogP contribution in [0.5, 0.6) is 0 Å². The number of hydrogen-bond donors (Lipinski definition) is 1. The van der Waals surface area contributed by atoms with Crippen LogP contribution in [0.2, 0.25) is 5.02 Å². The van der Waals surface area contributed by atoms with Gasteiger partial charge in [-0.05, 0) is 55.9 Å². The van der Waals surface area contributed by atoms with Crippen LogP contribution in [0.15, 0.2) is 28.8 Å². The molecule has 0 unspecified atom stereocenters. The molecule has 1 aliphatic carbocycles. The Morgan fingerprint density at radius 2 is 1.96 bits per heavy atom. The van der Waals surface area contributed by atoms with E-state index in [-0.39, 0.29) is 5.91 Å². The monoisotopic (exact) mass is 347 g/mol. The summed E-state index contributed by atoms with van der Waals surface area (Å²) >= 11 is 5.87. The molecule has 1 aromatic carbocycles. The first kappa shape index (κ1) is 17.0. The second-order valence-corrected chi connectivity index (χ2v) is 6.98. The van der Waals surface area contributed by atoms with Crippen LogP contribution in [-0.2, 0) is 11.2 Å². The van der Waals surface area contributed by atoms with E-state index in [2.05, 4.69) is 22.4 Å². The van der Waals surface area contributed by atoms with Crippen LogP contribution in [0.25, 0.3) is 11.4 Å². The lowest BCUT2D eigenvalue weighted by molar-refractivity contribution is -0.122. The fraction of sp³-hybridized carbons (Fsp3) is 0.500. The van der Waals surface area contributed by atoms with Gasteiger partial charge in [0, 0.05) is 29.5 Å². The number of carbonyl (C=O) groups is 1. The van der Waals surface area contributed by atoms with E-state index in [1.807, 2.05) is 12.1 Å². The van der Waals surface area contributed by atoms with Gasteiger partial charge in [0.25, 0.3) is 0 Å². The van der Waals surface area contributed by atoms with E-state index in [0.717, 1.165) is 24.3 Å². The number of benzene rings is 1.